The van der Waals surface area contributed by atoms with E-state index in [0.717, 1.165) is 25.3 Å². The monoisotopic (exact) mass is 277 g/mol. The zero-order valence-electron chi connectivity index (χ0n) is 13.3. The molecule has 0 aliphatic rings. The molecule has 20 heavy (non-hydrogen) atoms. The van der Waals surface area contributed by atoms with Gasteiger partial charge in [-0.2, -0.15) is 0 Å². The van der Waals surface area contributed by atoms with E-state index in [-0.39, 0.29) is 5.91 Å². The first-order valence-corrected chi connectivity index (χ1v) is 7.36. The lowest BCUT2D eigenvalue weighted by atomic mass is 10.0. The molecule has 4 nitrogen and oxygen atoms in total. The van der Waals surface area contributed by atoms with Crippen molar-refractivity contribution in [3.63, 3.8) is 0 Å². The molecule has 1 amide bonds. The average Bonchev–Trinajstić information content (AvgIpc) is 2.42. The number of nitrogens with zero attached hydrogens (tertiary/aromatic N) is 1. The van der Waals surface area contributed by atoms with Crippen LogP contribution in [0.25, 0.3) is 0 Å². The lowest BCUT2D eigenvalue weighted by Gasteiger charge is -2.25. The maximum Gasteiger partial charge on any atom is 0.244 e. The first-order valence-electron chi connectivity index (χ1n) is 7.36. The van der Waals surface area contributed by atoms with Gasteiger partial charge in [0.2, 0.25) is 5.91 Å². The Morgan fingerprint density at radius 1 is 1.10 bits per heavy atom. The summed E-state index contributed by atoms with van der Waals surface area (Å²) < 4.78 is 0. The third-order valence-electron chi connectivity index (χ3n) is 3.44. The molecule has 0 aliphatic carbocycles. The summed E-state index contributed by atoms with van der Waals surface area (Å²) in [5, 5.41) is 6.12. The van der Waals surface area contributed by atoms with Gasteiger partial charge in [0.1, 0.15) is 0 Å². The van der Waals surface area contributed by atoms with E-state index >= 15 is 0 Å². The van der Waals surface area contributed by atoms with Gasteiger partial charge >= 0.3 is 0 Å². The van der Waals surface area contributed by atoms with E-state index in [1.54, 1.807) is 0 Å². The standard InChI is InChI=1S/C16H27N3O/c1-6-17-16(4,5)15(20)18-13-9-11-14(12-10-13)19(7-2)8-3/h9-12,17H,6-8H2,1-5H3,(H,18,20). The van der Waals surface area contributed by atoms with Gasteiger partial charge in [-0.05, 0) is 58.5 Å². The fourth-order valence-electron chi connectivity index (χ4n) is 2.15. The second-order valence-corrected chi connectivity index (χ2v) is 5.33. The molecule has 0 aliphatic heterocycles. The molecule has 0 aromatic heterocycles. The maximum atomic E-state index is 12.2. The topological polar surface area (TPSA) is 44.4 Å². The lowest BCUT2D eigenvalue weighted by molar-refractivity contribution is -0.121. The van der Waals surface area contributed by atoms with E-state index in [1.165, 1.54) is 5.69 Å². The number of carbonyl (C=O) groups excluding carboxylic acids is 1. The number of likely N-dealkylation sites (N-methyl/N-ethyl adjacent to an activating group) is 1. The molecule has 0 atom stereocenters. The van der Waals surface area contributed by atoms with Gasteiger partial charge in [-0.25, -0.2) is 0 Å². The van der Waals surface area contributed by atoms with E-state index < -0.39 is 5.54 Å². The number of rotatable bonds is 7. The third-order valence-corrected chi connectivity index (χ3v) is 3.44. The predicted molar refractivity (Wildman–Crippen MR) is 86.4 cm³/mol. The number of hydrogen-bond acceptors (Lipinski definition) is 3. The van der Waals surface area contributed by atoms with Crippen LogP contribution >= 0.6 is 0 Å². The Balaban J connectivity index is 2.73. The minimum atomic E-state index is -0.563. The molecule has 0 spiro atoms. The molecular weight excluding hydrogens is 250 g/mol. The van der Waals surface area contributed by atoms with Crippen LogP contribution in [0.1, 0.15) is 34.6 Å². The quantitative estimate of drug-likeness (QED) is 0.805. The Kier molecular flexibility index (Phi) is 6.02. The van der Waals surface area contributed by atoms with Crippen LogP contribution in [0.15, 0.2) is 24.3 Å². The van der Waals surface area contributed by atoms with Gasteiger partial charge < -0.3 is 15.5 Å². The smallest absolute Gasteiger partial charge is 0.244 e. The molecule has 4 heteroatoms. The molecule has 1 aromatic carbocycles. The highest BCUT2D eigenvalue weighted by Gasteiger charge is 2.26. The molecule has 0 unspecified atom stereocenters. The van der Waals surface area contributed by atoms with Gasteiger partial charge in [0, 0.05) is 24.5 Å². The van der Waals surface area contributed by atoms with Crippen molar-refractivity contribution in [2.24, 2.45) is 0 Å². The number of amides is 1. The van der Waals surface area contributed by atoms with Crippen molar-refractivity contribution >= 4 is 17.3 Å². The Labute approximate surface area is 122 Å². The van der Waals surface area contributed by atoms with Crippen LogP contribution in [0.2, 0.25) is 0 Å². The van der Waals surface area contributed by atoms with E-state index in [0.29, 0.717) is 0 Å². The van der Waals surface area contributed by atoms with Crippen LogP contribution in [-0.4, -0.2) is 31.1 Å². The molecule has 1 aromatic rings. The van der Waals surface area contributed by atoms with E-state index in [4.69, 9.17) is 0 Å². The first-order chi connectivity index (χ1) is 9.44. The van der Waals surface area contributed by atoms with Crippen molar-refractivity contribution < 1.29 is 4.79 Å². The molecule has 0 heterocycles. The summed E-state index contributed by atoms with van der Waals surface area (Å²) in [4.78, 5) is 14.4. The molecule has 2 N–H and O–H groups in total. The minimum Gasteiger partial charge on any atom is -0.372 e. The summed E-state index contributed by atoms with van der Waals surface area (Å²) in [6.07, 6.45) is 0. The van der Waals surface area contributed by atoms with Crippen molar-refractivity contribution in [1.29, 1.82) is 0 Å². The number of carbonyl (C=O) groups is 1. The second-order valence-electron chi connectivity index (χ2n) is 5.33. The summed E-state index contributed by atoms with van der Waals surface area (Å²) in [6, 6.07) is 7.99. The van der Waals surface area contributed by atoms with Crippen LogP contribution in [0.5, 0.6) is 0 Å². The van der Waals surface area contributed by atoms with Crippen LogP contribution < -0.4 is 15.5 Å². The summed E-state index contributed by atoms with van der Waals surface area (Å²) in [7, 11) is 0. The largest absolute Gasteiger partial charge is 0.372 e. The van der Waals surface area contributed by atoms with E-state index in [2.05, 4.69) is 29.4 Å². The van der Waals surface area contributed by atoms with E-state index in [1.807, 2.05) is 45.0 Å². The number of anilines is 2. The van der Waals surface area contributed by atoms with Crippen LogP contribution in [0.4, 0.5) is 11.4 Å². The van der Waals surface area contributed by atoms with Gasteiger partial charge in [-0.15, -0.1) is 0 Å². The first kappa shape index (κ1) is 16.5. The SMILES string of the molecule is CCNC(C)(C)C(=O)Nc1ccc(N(CC)CC)cc1. The zero-order chi connectivity index (χ0) is 15.2. The van der Waals surface area contributed by atoms with Crippen molar-refractivity contribution in [3.05, 3.63) is 24.3 Å². The van der Waals surface area contributed by atoms with Gasteiger partial charge in [-0.3, -0.25) is 4.79 Å². The molecule has 0 bridgehead atoms. The molecule has 0 radical (unpaired) electrons. The maximum absolute atomic E-state index is 12.2. The van der Waals surface area contributed by atoms with Gasteiger partial charge in [0.15, 0.2) is 0 Å². The van der Waals surface area contributed by atoms with Crippen molar-refractivity contribution in [3.8, 4) is 0 Å². The van der Waals surface area contributed by atoms with Gasteiger partial charge in [0.05, 0.1) is 5.54 Å². The fourth-order valence-corrected chi connectivity index (χ4v) is 2.15. The van der Waals surface area contributed by atoms with Crippen LogP contribution in [-0.2, 0) is 4.79 Å². The lowest BCUT2D eigenvalue weighted by Crippen LogP contribution is -2.49. The van der Waals surface area contributed by atoms with Gasteiger partial charge in [-0.1, -0.05) is 6.92 Å². The highest BCUT2D eigenvalue weighted by Crippen LogP contribution is 2.18. The fraction of sp³-hybridized carbons (Fsp3) is 0.562. The Morgan fingerprint density at radius 3 is 2.10 bits per heavy atom. The van der Waals surface area contributed by atoms with E-state index in [9.17, 15) is 4.79 Å². The zero-order valence-corrected chi connectivity index (χ0v) is 13.3. The molecule has 1 rings (SSSR count). The molecular formula is C16H27N3O. The third kappa shape index (κ3) is 4.23. The number of hydrogen-bond donors (Lipinski definition) is 2. The van der Waals surface area contributed by atoms with Gasteiger partial charge in [0.25, 0.3) is 0 Å². The summed E-state index contributed by atoms with van der Waals surface area (Å²) in [6.45, 7) is 12.8. The molecule has 0 fully saturated rings. The summed E-state index contributed by atoms with van der Waals surface area (Å²) in [5.74, 6) is -0.0186. The predicted octanol–water partition coefficient (Wildman–Crippen LogP) is 2.86. The second kappa shape index (κ2) is 7.29. The van der Waals surface area contributed by atoms with Crippen LogP contribution in [0.3, 0.4) is 0 Å². The highest BCUT2D eigenvalue weighted by molar-refractivity contribution is 5.97. The molecule has 112 valence electrons. The Morgan fingerprint density at radius 2 is 1.65 bits per heavy atom. The number of benzene rings is 1. The molecule has 0 saturated heterocycles. The Hall–Kier alpha value is -1.55. The summed E-state index contributed by atoms with van der Waals surface area (Å²) in [5.41, 5.74) is 1.45. The van der Waals surface area contributed by atoms with Crippen LogP contribution in [0, 0.1) is 0 Å². The van der Waals surface area contributed by atoms with Crippen molar-refractivity contribution in [2.45, 2.75) is 40.2 Å². The average molecular weight is 277 g/mol. The normalized spacial score (nSPS) is 11.2. The minimum absolute atomic E-state index is 0.0186. The van der Waals surface area contributed by atoms with Crippen molar-refractivity contribution in [2.75, 3.05) is 29.9 Å². The van der Waals surface area contributed by atoms with Crippen molar-refractivity contribution in [1.82, 2.24) is 5.32 Å². The Bertz CT molecular complexity index is 422. The highest BCUT2D eigenvalue weighted by atomic mass is 16.2. The summed E-state index contributed by atoms with van der Waals surface area (Å²) >= 11 is 0. The molecule has 0 saturated carbocycles. The number of nitrogens with one attached hydrogen (secondary N) is 2.